The van der Waals surface area contributed by atoms with E-state index in [2.05, 4.69) is 10.9 Å². The zero-order valence-electron chi connectivity index (χ0n) is 5.73. The lowest BCUT2D eigenvalue weighted by atomic mass is 9.97. The highest BCUT2D eigenvalue weighted by atomic mass is 14.6. The molecular formula is C6H13N2+. The summed E-state index contributed by atoms with van der Waals surface area (Å²) in [6.07, 6.45) is 0. The van der Waals surface area contributed by atoms with Crippen LogP contribution in [0, 0.1) is 11.5 Å². The lowest BCUT2D eigenvalue weighted by Crippen LogP contribution is -2.20. The number of hydrogen-bond donors (Lipinski definition) is 1. The molecular weight excluding hydrogens is 100 g/mol. The maximum atomic E-state index is 5.37. The summed E-state index contributed by atoms with van der Waals surface area (Å²) in [5.74, 6) is 0. The van der Waals surface area contributed by atoms with Gasteiger partial charge < -0.3 is 5.73 Å². The Kier molecular flexibility index (Phi) is 2.50. The predicted molar refractivity (Wildman–Crippen MR) is 36.0 cm³/mol. The number of nitrogens with two attached hydrogens (primary N) is 1. The Hall–Kier alpha value is -0.550. The highest BCUT2D eigenvalue weighted by Gasteiger charge is 2.17. The molecule has 0 aliphatic heterocycles. The lowest BCUT2D eigenvalue weighted by molar-refractivity contribution is 0.517. The number of hydrogen-bond acceptors (Lipinski definition) is 1. The van der Waals surface area contributed by atoms with Crippen LogP contribution in [0.2, 0.25) is 0 Å². The fourth-order valence-electron chi connectivity index (χ4n) is 0.348. The van der Waals surface area contributed by atoms with Gasteiger partial charge in [0.05, 0.1) is 0 Å². The van der Waals surface area contributed by atoms with E-state index < -0.39 is 0 Å². The minimum atomic E-state index is -0.0469. The monoisotopic (exact) mass is 113 g/mol. The van der Waals surface area contributed by atoms with Gasteiger partial charge in [0.25, 0.3) is 13.1 Å². The van der Waals surface area contributed by atoms with Crippen molar-refractivity contribution >= 4 is 0 Å². The van der Waals surface area contributed by atoms with Gasteiger partial charge in [-0.25, -0.2) is 0 Å². The van der Waals surface area contributed by atoms with Gasteiger partial charge in [-0.05, 0) is 13.8 Å². The molecule has 0 aliphatic carbocycles. The molecule has 46 valence electrons. The summed E-state index contributed by atoms with van der Waals surface area (Å²) in [4.78, 5) is 3.75. The molecule has 0 saturated carbocycles. The summed E-state index contributed by atoms with van der Waals surface area (Å²) in [5.41, 5.74) is 5.32. The molecule has 0 bridgehead atoms. The Bertz CT molecular complexity index is 116. The minimum Gasteiger partial charge on any atom is -0.329 e. The second-order valence-corrected chi connectivity index (χ2v) is 2.42. The summed E-state index contributed by atoms with van der Waals surface area (Å²) < 4.78 is 0. The van der Waals surface area contributed by atoms with Crippen LogP contribution in [-0.4, -0.2) is 13.6 Å². The van der Waals surface area contributed by atoms with Gasteiger partial charge in [0.15, 0.2) is 0 Å². The molecule has 0 radical (unpaired) electrons. The highest BCUT2D eigenvalue weighted by Crippen LogP contribution is 2.09. The molecule has 0 aromatic rings. The van der Waals surface area contributed by atoms with Crippen molar-refractivity contribution in [2.45, 2.75) is 13.8 Å². The molecule has 0 amide bonds. The molecule has 2 nitrogen and oxygen atoms in total. The van der Waals surface area contributed by atoms with Gasteiger partial charge in [0.2, 0.25) is 0 Å². The summed E-state index contributed by atoms with van der Waals surface area (Å²) in [6.45, 7) is 4.60. The first-order chi connectivity index (χ1) is 3.62. The Labute approximate surface area is 50.5 Å². The van der Waals surface area contributed by atoms with E-state index >= 15 is 0 Å². The van der Waals surface area contributed by atoms with E-state index in [-0.39, 0.29) is 5.41 Å². The van der Waals surface area contributed by atoms with Crippen molar-refractivity contribution in [2.24, 2.45) is 11.1 Å². The molecule has 0 aromatic carbocycles. The first kappa shape index (κ1) is 7.45. The second kappa shape index (κ2) is 2.68. The Morgan fingerprint density at radius 3 is 2.25 bits per heavy atom. The van der Waals surface area contributed by atoms with Crippen LogP contribution in [0.4, 0.5) is 0 Å². The number of nitrogens with zero attached hydrogens (tertiary/aromatic N) is 1. The van der Waals surface area contributed by atoms with Crippen LogP contribution in [0.15, 0.2) is 0 Å². The summed E-state index contributed by atoms with van der Waals surface area (Å²) in [7, 11) is 1.71. The van der Waals surface area contributed by atoms with Gasteiger partial charge in [-0.2, -0.15) is 0 Å². The van der Waals surface area contributed by atoms with Crippen LogP contribution in [0.3, 0.4) is 0 Å². The fraction of sp³-hybridized carbons (Fsp3) is 0.833. The molecule has 0 aliphatic rings. The maximum absolute atomic E-state index is 5.37. The van der Waals surface area contributed by atoms with E-state index in [1.807, 2.05) is 13.8 Å². The van der Waals surface area contributed by atoms with Crippen molar-refractivity contribution in [3.8, 4) is 6.07 Å². The van der Waals surface area contributed by atoms with E-state index in [1.54, 1.807) is 7.05 Å². The highest BCUT2D eigenvalue weighted by molar-refractivity contribution is 4.99. The fourth-order valence-corrected chi connectivity index (χ4v) is 0.348. The average Bonchev–Trinajstić information content (AvgIpc) is 1.67. The largest absolute Gasteiger partial charge is 0.329 e. The molecule has 0 atom stereocenters. The third-order valence-electron chi connectivity index (χ3n) is 0.925. The average molecular weight is 113 g/mol. The van der Waals surface area contributed by atoms with Gasteiger partial charge in [0, 0.05) is 6.54 Å². The molecule has 0 rings (SSSR count). The van der Waals surface area contributed by atoms with E-state index in [1.165, 1.54) is 0 Å². The van der Waals surface area contributed by atoms with Crippen molar-refractivity contribution < 1.29 is 0 Å². The summed E-state index contributed by atoms with van der Waals surface area (Å²) >= 11 is 0. The van der Waals surface area contributed by atoms with Gasteiger partial charge in [0.1, 0.15) is 5.41 Å². The van der Waals surface area contributed by atoms with Crippen LogP contribution in [0.5, 0.6) is 0 Å². The van der Waals surface area contributed by atoms with Crippen LogP contribution < -0.4 is 5.73 Å². The Morgan fingerprint density at radius 1 is 1.62 bits per heavy atom. The van der Waals surface area contributed by atoms with Crippen molar-refractivity contribution in [1.82, 2.24) is 0 Å². The van der Waals surface area contributed by atoms with Gasteiger partial charge >= 0.3 is 0 Å². The Balaban J connectivity index is 3.85. The molecule has 0 unspecified atom stereocenters. The number of rotatable bonds is 1. The van der Waals surface area contributed by atoms with Crippen molar-refractivity contribution in [3.05, 3.63) is 4.85 Å². The van der Waals surface area contributed by atoms with E-state index in [0.29, 0.717) is 6.54 Å². The standard InChI is InChI=1S/C6H13N2/c1-6(2,4-7)5-8-3/h4,7H2,1-3H3/q+1. The van der Waals surface area contributed by atoms with Crippen LogP contribution in [0.1, 0.15) is 13.8 Å². The molecule has 2 heteroatoms. The van der Waals surface area contributed by atoms with Crippen LogP contribution >= 0.6 is 0 Å². The summed E-state index contributed by atoms with van der Waals surface area (Å²) in [6, 6.07) is 2.87. The van der Waals surface area contributed by atoms with E-state index in [9.17, 15) is 0 Å². The first-order valence-electron chi connectivity index (χ1n) is 2.68. The SMILES string of the molecule is C[N+]#CC(C)(C)CN. The van der Waals surface area contributed by atoms with Crippen molar-refractivity contribution in [2.75, 3.05) is 13.6 Å². The molecule has 0 fully saturated rings. The van der Waals surface area contributed by atoms with Crippen molar-refractivity contribution in [1.29, 1.82) is 0 Å². The minimum absolute atomic E-state index is 0.0469. The molecule has 0 heterocycles. The second-order valence-electron chi connectivity index (χ2n) is 2.42. The van der Waals surface area contributed by atoms with Gasteiger partial charge in [-0.1, -0.05) is 4.85 Å². The molecule has 8 heavy (non-hydrogen) atoms. The summed E-state index contributed by atoms with van der Waals surface area (Å²) in [5, 5.41) is 0. The van der Waals surface area contributed by atoms with Crippen LogP contribution in [-0.2, 0) is 0 Å². The van der Waals surface area contributed by atoms with Gasteiger partial charge in [-0.15, -0.1) is 0 Å². The maximum Gasteiger partial charge on any atom is 0.280 e. The smallest absolute Gasteiger partial charge is 0.280 e. The zero-order valence-corrected chi connectivity index (χ0v) is 5.73. The van der Waals surface area contributed by atoms with E-state index in [4.69, 9.17) is 5.73 Å². The lowest BCUT2D eigenvalue weighted by Gasteiger charge is -2.04. The van der Waals surface area contributed by atoms with Crippen molar-refractivity contribution in [3.63, 3.8) is 0 Å². The normalized spacial score (nSPS) is 10.0. The van der Waals surface area contributed by atoms with E-state index in [0.717, 1.165) is 0 Å². The third kappa shape index (κ3) is 2.59. The third-order valence-corrected chi connectivity index (χ3v) is 0.925. The molecule has 2 N–H and O–H groups in total. The first-order valence-corrected chi connectivity index (χ1v) is 2.68. The van der Waals surface area contributed by atoms with Crippen LogP contribution in [0.25, 0.3) is 4.85 Å². The molecule has 0 aromatic heterocycles. The zero-order chi connectivity index (χ0) is 6.62. The molecule has 0 spiro atoms. The van der Waals surface area contributed by atoms with Gasteiger partial charge in [-0.3, -0.25) is 0 Å². The molecule has 0 saturated heterocycles. The Morgan fingerprint density at radius 2 is 2.12 bits per heavy atom. The predicted octanol–water partition coefficient (Wildman–Crippen LogP) is 0.934. The topological polar surface area (TPSA) is 30.4 Å². The quantitative estimate of drug-likeness (QED) is 0.539.